The van der Waals surface area contributed by atoms with E-state index in [4.69, 9.17) is 13.9 Å². The lowest BCUT2D eigenvalue weighted by Crippen LogP contribution is -2.25. The number of nitrogens with zero attached hydrogens (tertiary/aromatic N) is 2. The molecule has 2 heterocycles. The smallest absolute Gasteiger partial charge is 0.357 e. The quantitative estimate of drug-likeness (QED) is 0.301. The van der Waals surface area contributed by atoms with Crippen LogP contribution < -0.4 is 14.4 Å². The Labute approximate surface area is 222 Å². The van der Waals surface area contributed by atoms with Crippen LogP contribution in [0.15, 0.2) is 46.2 Å². The third kappa shape index (κ3) is 5.48. The van der Waals surface area contributed by atoms with Gasteiger partial charge in [-0.3, -0.25) is 9.10 Å². The van der Waals surface area contributed by atoms with Crippen LogP contribution in [0.1, 0.15) is 32.8 Å². The fraction of sp³-hybridized carbons (Fsp3) is 0.240. The number of hydrogen-bond donors (Lipinski definition) is 1. The Balaban J connectivity index is 1.83. The standard InChI is InChI=1S/C25H24FN3O7S2/c1-5-34-25(31)17-13-37-21(28-17)12-35-20-10-16-19(11-18(20)29(3)38(4,32)33)36-23(22(16)24(30)27-2)14-6-8-15(26)9-7-14/h6-11,13H,5,12H2,1-4H3,(H,27,30). The van der Waals surface area contributed by atoms with Crippen molar-refractivity contribution in [2.45, 2.75) is 13.5 Å². The highest BCUT2D eigenvalue weighted by atomic mass is 32.2. The summed E-state index contributed by atoms with van der Waals surface area (Å²) < 4.78 is 56.3. The van der Waals surface area contributed by atoms with Gasteiger partial charge in [-0.1, -0.05) is 0 Å². The van der Waals surface area contributed by atoms with E-state index >= 15 is 0 Å². The van der Waals surface area contributed by atoms with Crippen molar-refractivity contribution >= 4 is 49.9 Å². The number of benzene rings is 2. The molecule has 0 aliphatic heterocycles. The SMILES string of the molecule is CCOC(=O)c1csc(COc2cc3c(C(=O)NC)c(-c4ccc(F)cc4)oc3cc2N(C)S(C)(=O)=O)n1. The summed E-state index contributed by atoms with van der Waals surface area (Å²) in [6.07, 6.45) is 1.04. The van der Waals surface area contributed by atoms with Gasteiger partial charge < -0.3 is 19.2 Å². The predicted octanol–water partition coefficient (Wildman–Crippen LogP) is 4.21. The van der Waals surface area contributed by atoms with Crippen molar-refractivity contribution in [3.8, 4) is 17.1 Å². The molecule has 0 spiro atoms. The van der Waals surface area contributed by atoms with Gasteiger partial charge in [0.1, 0.15) is 34.5 Å². The number of amides is 1. The van der Waals surface area contributed by atoms with E-state index in [2.05, 4.69) is 10.3 Å². The molecule has 0 radical (unpaired) electrons. The molecule has 2 aromatic heterocycles. The number of carbonyl (C=O) groups excluding carboxylic acids is 2. The van der Waals surface area contributed by atoms with Crippen LogP contribution in [-0.4, -0.2) is 52.2 Å². The second kappa shape index (κ2) is 10.8. The summed E-state index contributed by atoms with van der Waals surface area (Å²) in [4.78, 5) is 29.0. The summed E-state index contributed by atoms with van der Waals surface area (Å²) in [7, 11) is -0.891. The number of carbonyl (C=O) groups is 2. The Morgan fingerprint density at radius 3 is 2.55 bits per heavy atom. The Morgan fingerprint density at radius 1 is 1.21 bits per heavy atom. The topological polar surface area (TPSA) is 128 Å². The molecule has 0 fully saturated rings. The predicted molar refractivity (Wildman–Crippen MR) is 141 cm³/mol. The maximum atomic E-state index is 13.5. The first-order chi connectivity index (χ1) is 18.0. The van der Waals surface area contributed by atoms with E-state index < -0.39 is 27.7 Å². The molecule has 0 bridgehead atoms. The Morgan fingerprint density at radius 2 is 1.92 bits per heavy atom. The lowest BCUT2D eigenvalue weighted by atomic mass is 10.0. The molecule has 38 heavy (non-hydrogen) atoms. The summed E-state index contributed by atoms with van der Waals surface area (Å²) in [5, 5.41) is 4.92. The van der Waals surface area contributed by atoms with Crippen molar-refractivity contribution in [3.05, 3.63) is 63.9 Å². The second-order valence-electron chi connectivity index (χ2n) is 8.07. The number of aromatic nitrogens is 1. The number of halogens is 1. The lowest BCUT2D eigenvalue weighted by molar-refractivity contribution is 0.0520. The monoisotopic (exact) mass is 561 g/mol. The van der Waals surface area contributed by atoms with Gasteiger partial charge >= 0.3 is 5.97 Å². The third-order valence-corrected chi connectivity index (χ3v) is 7.57. The van der Waals surface area contributed by atoms with Crippen LogP contribution in [-0.2, 0) is 21.4 Å². The van der Waals surface area contributed by atoms with Crippen LogP contribution in [0.25, 0.3) is 22.3 Å². The lowest BCUT2D eigenvalue weighted by Gasteiger charge is -2.20. The van der Waals surface area contributed by atoms with E-state index in [1.54, 1.807) is 6.92 Å². The molecule has 0 aliphatic carbocycles. The molecule has 2 aromatic carbocycles. The number of anilines is 1. The number of ether oxygens (including phenoxy) is 2. The van der Waals surface area contributed by atoms with Crippen LogP contribution >= 0.6 is 11.3 Å². The maximum Gasteiger partial charge on any atom is 0.357 e. The number of esters is 1. The minimum Gasteiger partial charge on any atom is -0.484 e. The molecule has 10 nitrogen and oxygen atoms in total. The summed E-state index contributed by atoms with van der Waals surface area (Å²) in [6.45, 7) is 1.81. The van der Waals surface area contributed by atoms with Gasteiger partial charge in [-0.15, -0.1) is 11.3 Å². The average Bonchev–Trinajstić information content (AvgIpc) is 3.51. The first-order valence-corrected chi connectivity index (χ1v) is 14.0. The highest BCUT2D eigenvalue weighted by Gasteiger charge is 2.26. The molecule has 0 aliphatic rings. The largest absolute Gasteiger partial charge is 0.484 e. The minimum absolute atomic E-state index is 0.0852. The Hall–Kier alpha value is -3.97. The van der Waals surface area contributed by atoms with Gasteiger partial charge in [-0.25, -0.2) is 22.6 Å². The summed E-state index contributed by atoms with van der Waals surface area (Å²) in [6, 6.07) is 8.40. The molecule has 0 unspecified atom stereocenters. The molecule has 0 saturated carbocycles. The minimum atomic E-state index is -3.71. The summed E-state index contributed by atoms with van der Waals surface area (Å²) in [5.74, 6) is -1.15. The summed E-state index contributed by atoms with van der Waals surface area (Å²) in [5.41, 5.74) is 1.15. The average molecular weight is 562 g/mol. The number of thiazole rings is 1. The zero-order chi connectivity index (χ0) is 27.6. The van der Waals surface area contributed by atoms with Gasteiger partial charge in [0, 0.05) is 36.5 Å². The van der Waals surface area contributed by atoms with Crippen molar-refractivity contribution < 1.29 is 36.3 Å². The molecule has 0 saturated heterocycles. The number of furan rings is 1. The van der Waals surface area contributed by atoms with E-state index in [0.717, 1.165) is 10.6 Å². The third-order valence-electron chi connectivity index (χ3n) is 5.55. The Bertz CT molecular complexity index is 1610. The highest BCUT2D eigenvalue weighted by Crippen LogP contribution is 2.41. The molecule has 200 valence electrons. The number of fused-ring (bicyclic) bond motifs is 1. The highest BCUT2D eigenvalue weighted by molar-refractivity contribution is 7.92. The van der Waals surface area contributed by atoms with Crippen LogP contribution in [0.2, 0.25) is 0 Å². The van der Waals surface area contributed by atoms with Crippen LogP contribution in [0.5, 0.6) is 5.75 Å². The molecule has 0 atom stereocenters. The van der Waals surface area contributed by atoms with E-state index in [1.807, 2.05) is 0 Å². The van der Waals surface area contributed by atoms with Gasteiger partial charge in [-0.05, 0) is 37.3 Å². The van der Waals surface area contributed by atoms with Crippen molar-refractivity contribution in [1.82, 2.24) is 10.3 Å². The number of sulfonamides is 1. The zero-order valence-electron chi connectivity index (χ0n) is 20.9. The van der Waals surface area contributed by atoms with Gasteiger partial charge in [0.15, 0.2) is 5.69 Å². The first-order valence-electron chi connectivity index (χ1n) is 11.3. The summed E-state index contributed by atoms with van der Waals surface area (Å²) >= 11 is 1.18. The fourth-order valence-electron chi connectivity index (χ4n) is 3.62. The van der Waals surface area contributed by atoms with Crippen molar-refractivity contribution in [2.24, 2.45) is 0 Å². The van der Waals surface area contributed by atoms with E-state index in [0.29, 0.717) is 16.0 Å². The van der Waals surface area contributed by atoms with Crippen LogP contribution in [0.4, 0.5) is 10.1 Å². The molecule has 13 heteroatoms. The zero-order valence-corrected chi connectivity index (χ0v) is 22.5. The van der Waals surface area contributed by atoms with E-state index in [1.165, 1.54) is 67.2 Å². The molecular weight excluding hydrogens is 537 g/mol. The maximum absolute atomic E-state index is 13.5. The van der Waals surface area contributed by atoms with Gasteiger partial charge in [-0.2, -0.15) is 0 Å². The fourth-order valence-corrected chi connectivity index (χ4v) is 4.80. The Kier molecular flexibility index (Phi) is 7.69. The van der Waals surface area contributed by atoms with Crippen LogP contribution in [0.3, 0.4) is 0 Å². The van der Waals surface area contributed by atoms with Gasteiger partial charge in [0.25, 0.3) is 5.91 Å². The molecule has 1 N–H and O–H groups in total. The first kappa shape index (κ1) is 27.1. The van der Waals surface area contributed by atoms with Crippen molar-refractivity contribution in [3.63, 3.8) is 0 Å². The number of rotatable bonds is 9. The molecular formula is C25H24FN3O7S2. The normalized spacial score (nSPS) is 11.4. The second-order valence-corrected chi connectivity index (χ2v) is 11.0. The van der Waals surface area contributed by atoms with E-state index in [9.17, 15) is 22.4 Å². The number of hydrogen-bond acceptors (Lipinski definition) is 9. The van der Waals surface area contributed by atoms with Crippen molar-refractivity contribution in [2.75, 3.05) is 31.3 Å². The number of nitrogens with one attached hydrogen (secondary N) is 1. The van der Waals surface area contributed by atoms with E-state index in [-0.39, 0.29) is 47.3 Å². The molecule has 4 aromatic rings. The molecule has 1 amide bonds. The molecule has 4 rings (SSSR count). The van der Waals surface area contributed by atoms with Gasteiger partial charge in [0.05, 0.1) is 24.1 Å². The van der Waals surface area contributed by atoms with Gasteiger partial charge in [0.2, 0.25) is 10.0 Å². The van der Waals surface area contributed by atoms with Crippen LogP contribution in [0, 0.1) is 5.82 Å². The van der Waals surface area contributed by atoms with Crippen molar-refractivity contribution in [1.29, 1.82) is 0 Å².